The van der Waals surface area contributed by atoms with Gasteiger partial charge in [0.2, 0.25) is 0 Å². The smallest absolute Gasteiger partial charge is 0.259 e. The Morgan fingerprint density at radius 3 is 2.63 bits per heavy atom. The minimum atomic E-state index is -0.0203. The first-order chi connectivity index (χ1) is 14.6. The predicted octanol–water partition coefficient (Wildman–Crippen LogP) is 5.37. The van der Waals surface area contributed by atoms with E-state index in [4.69, 9.17) is 4.74 Å². The number of hydrogen-bond donors (Lipinski definition) is 1. The Morgan fingerprint density at radius 2 is 1.87 bits per heavy atom. The maximum atomic E-state index is 13.4. The Morgan fingerprint density at radius 1 is 1.03 bits per heavy atom. The van der Waals surface area contributed by atoms with Gasteiger partial charge in [-0.1, -0.05) is 49.4 Å². The molecule has 6 rings (SSSR count). The minimum Gasteiger partial charge on any atom is -0.504 e. The number of amides is 1. The van der Waals surface area contributed by atoms with Crippen LogP contribution in [-0.2, 0) is 0 Å². The summed E-state index contributed by atoms with van der Waals surface area (Å²) in [5.74, 6) is 0.911. The quantitative estimate of drug-likeness (QED) is 0.497. The summed E-state index contributed by atoms with van der Waals surface area (Å²) < 4.78 is 5.40. The van der Waals surface area contributed by atoms with Crippen LogP contribution in [0.1, 0.15) is 57.1 Å². The van der Waals surface area contributed by atoms with Gasteiger partial charge in [0.15, 0.2) is 11.5 Å². The largest absolute Gasteiger partial charge is 0.504 e. The average Bonchev–Trinajstić information content (AvgIpc) is 3.03. The number of phenols is 1. The van der Waals surface area contributed by atoms with Crippen LogP contribution in [0.15, 0.2) is 54.6 Å². The number of aromatic hydroxyl groups is 1. The number of phenolic OH excluding ortho intramolecular Hbond substituents is 1. The second-order valence-corrected chi connectivity index (χ2v) is 8.31. The highest BCUT2D eigenvalue weighted by Gasteiger charge is 2.49. The third-order valence-electron chi connectivity index (χ3n) is 6.89. The Balaban J connectivity index is 1.62. The molecule has 0 radical (unpaired) electrons. The van der Waals surface area contributed by atoms with E-state index in [-0.39, 0.29) is 29.5 Å². The van der Waals surface area contributed by atoms with Gasteiger partial charge in [0.25, 0.3) is 5.91 Å². The lowest BCUT2D eigenvalue weighted by Gasteiger charge is -2.44. The summed E-state index contributed by atoms with van der Waals surface area (Å²) >= 11 is 0. The monoisotopic (exact) mass is 395 g/mol. The number of benzene rings is 3. The van der Waals surface area contributed by atoms with E-state index in [9.17, 15) is 9.90 Å². The van der Waals surface area contributed by atoms with Crippen LogP contribution in [0.25, 0.3) is 12.2 Å². The van der Waals surface area contributed by atoms with Crippen molar-refractivity contribution in [2.24, 2.45) is 5.92 Å². The van der Waals surface area contributed by atoms with Gasteiger partial charge in [-0.25, -0.2) is 0 Å². The zero-order valence-electron chi connectivity index (χ0n) is 16.8. The van der Waals surface area contributed by atoms with Gasteiger partial charge in [-0.2, -0.15) is 0 Å². The second-order valence-electron chi connectivity index (χ2n) is 8.31. The summed E-state index contributed by atoms with van der Waals surface area (Å²) in [6.07, 6.45) is 4.25. The van der Waals surface area contributed by atoms with E-state index >= 15 is 0 Å². The molecule has 0 saturated heterocycles. The van der Waals surface area contributed by atoms with E-state index in [0.29, 0.717) is 5.75 Å². The predicted molar refractivity (Wildman–Crippen MR) is 117 cm³/mol. The van der Waals surface area contributed by atoms with E-state index < -0.39 is 0 Å². The van der Waals surface area contributed by atoms with Crippen molar-refractivity contribution >= 4 is 23.7 Å². The molecular weight excluding hydrogens is 374 g/mol. The molecule has 3 aromatic rings. The van der Waals surface area contributed by atoms with Crippen molar-refractivity contribution in [3.63, 3.8) is 0 Å². The van der Waals surface area contributed by atoms with Crippen molar-refractivity contribution in [3.8, 4) is 11.5 Å². The molecule has 3 atom stereocenters. The van der Waals surface area contributed by atoms with E-state index in [1.165, 1.54) is 16.7 Å². The third kappa shape index (κ3) is 2.08. The molecule has 2 aliphatic heterocycles. The fraction of sp³-hybridized carbons (Fsp3) is 0.192. The lowest BCUT2D eigenvalue weighted by molar-refractivity contribution is 0.0981. The molecule has 0 fully saturated rings. The number of carbonyl (C=O) groups is 1. The summed E-state index contributed by atoms with van der Waals surface area (Å²) in [4.78, 5) is 15.4. The highest BCUT2D eigenvalue weighted by atomic mass is 16.5. The van der Waals surface area contributed by atoms with Crippen molar-refractivity contribution in [2.75, 3.05) is 12.0 Å². The van der Waals surface area contributed by atoms with E-state index in [1.807, 2.05) is 35.2 Å². The van der Waals surface area contributed by atoms with Crippen LogP contribution in [-0.4, -0.2) is 18.1 Å². The molecule has 4 nitrogen and oxygen atoms in total. The summed E-state index contributed by atoms with van der Waals surface area (Å²) in [6, 6.07) is 17.7. The maximum absolute atomic E-state index is 13.4. The van der Waals surface area contributed by atoms with Crippen LogP contribution >= 0.6 is 0 Å². The molecule has 0 saturated carbocycles. The molecule has 1 aliphatic carbocycles. The van der Waals surface area contributed by atoms with Crippen molar-refractivity contribution in [1.82, 2.24) is 0 Å². The first-order valence-corrected chi connectivity index (χ1v) is 10.2. The first-order valence-electron chi connectivity index (χ1n) is 10.2. The van der Waals surface area contributed by atoms with Gasteiger partial charge in [0.1, 0.15) is 0 Å². The van der Waals surface area contributed by atoms with Crippen molar-refractivity contribution in [2.45, 2.75) is 18.9 Å². The number of nitrogens with zero attached hydrogens (tertiary/aromatic N) is 1. The number of anilines is 1. The van der Waals surface area contributed by atoms with Gasteiger partial charge in [0.05, 0.1) is 13.2 Å². The van der Waals surface area contributed by atoms with Gasteiger partial charge >= 0.3 is 0 Å². The van der Waals surface area contributed by atoms with Gasteiger partial charge in [-0.05, 0) is 58.0 Å². The second kappa shape index (κ2) is 5.99. The molecule has 1 amide bonds. The standard InChI is InChI=1S/C26H21NO3/c1-14-23(16-9-12-21(28)22(13-16)30-2)24-17-10-7-15(17)8-11-20(24)27-25(14)18-5-3-4-6-19(18)26(27)29/h3-14,23,25,28H,1-2H3. The van der Waals surface area contributed by atoms with Crippen molar-refractivity contribution in [1.29, 1.82) is 0 Å². The van der Waals surface area contributed by atoms with Crippen molar-refractivity contribution < 1.29 is 14.6 Å². The van der Waals surface area contributed by atoms with Gasteiger partial charge in [-0.15, -0.1) is 0 Å². The number of methoxy groups -OCH3 is 1. The molecule has 0 spiro atoms. The van der Waals surface area contributed by atoms with Gasteiger partial charge < -0.3 is 14.7 Å². The number of ether oxygens (including phenoxy) is 1. The lowest BCUT2D eigenvalue weighted by atomic mass is 9.69. The van der Waals surface area contributed by atoms with Gasteiger partial charge in [-0.3, -0.25) is 4.79 Å². The molecule has 148 valence electrons. The van der Waals surface area contributed by atoms with E-state index in [2.05, 4.69) is 37.3 Å². The third-order valence-corrected chi connectivity index (χ3v) is 6.89. The first kappa shape index (κ1) is 17.3. The summed E-state index contributed by atoms with van der Waals surface area (Å²) in [5.41, 5.74) is 7.56. The molecule has 1 N–H and O–H groups in total. The minimum absolute atomic E-state index is 0.0203. The fourth-order valence-electron chi connectivity index (χ4n) is 5.51. The highest BCUT2D eigenvalue weighted by molar-refractivity contribution is 6.12. The Labute approximate surface area is 175 Å². The Hall–Kier alpha value is -3.53. The summed E-state index contributed by atoms with van der Waals surface area (Å²) in [6.45, 7) is 2.22. The molecule has 2 heterocycles. The maximum Gasteiger partial charge on any atom is 0.259 e. The molecule has 0 bridgehead atoms. The van der Waals surface area contributed by atoms with Crippen LogP contribution in [0.4, 0.5) is 5.69 Å². The van der Waals surface area contributed by atoms with E-state index in [1.54, 1.807) is 13.2 Å². The van der Waals surface area contributed by atoms with Crippen molar-refractivity contribution in [3.05, 3.63) is 88.0 Å². The molecule has 30 heavy (non-hydrogen) atoms. The number of hydrogen-bond acceptors (Lipinski definition) is 3. The SMILES string of the molecule is COc1cc(C2c3c(ccc4c3C=C4)N3C(=O)c4ccccc4C3C2C)ccc1O. The average molecular weight is 395 g/mol. The molecular formula is C26H21NO3. The number of carbonyl (C=O) groups excluding carboxylic acids is 1. The number of fused-ring (bicyclic) bond motifs is 7. The topological polar surface area (TPSA) is 49.8 Å². The molecule has 3 aromatic carbocycles. The van der Waals surface area contributed by atoms with E-state index in [0.717, 1.165) is 22.4 Å². The Kier molecular flexibility index (Phi) is 3.46. The van der Waals surface area contributed by atoms with Crippen LogP contribution in [0.5, 0.6) is 11.5 Å². The number of rotatable bonds is 2. The molecule has 3 aliphatic rings. The van der Waals surface area contributed by atoms with Crippen LogP contribution in [0.2, 0.25) is 0 Å². The Bertz CT molecular complexity index is 1260. The lowest BCUT2D eigenvalue weighted by Crippen LogP contribution is -2.39. The summed E-state index contributed by atoms with van der Waals surface area (Å²) in [7, 11) is 1.57. The van der Waals surface area contributed by atoms with Gasteiger partial charge in [0, 0.05) is 17.2 Å². The normalized spacial score (nSPS) is 22.7. The van der Waals surface area contributed by atoms with Crippen LogP contribution in [0.3, 0.4) is 0 Å². The molecule has 0 aromatic heterocycles. The molecule has 4 heteroatoms. The summed E-state index contributed by atoms with van der Waals surface area (Å²) in [5, 5.41) is 10.1. The zero-order chi connectivity index (χ0) is 20.6. The van der Waals surface area contributed by atoms with Crippen LogP contribution < -0.4 is 9.64 Å². The molecule has 3 unspecified atom stereocenters. The van der Waals surface area contributed by atoms with Crippen LogP contribution in [0, 0.1) is 5.92 Å². The fourth-order valence-corrected chi connectivity index (χ4v) is 5.51. The highest BCUT2D eigenvalue weighted by Crippen LogP contribution is 2.57. The zero-order valence-corrected chi connectivity index (χ0v) is 16.8.